The summed E-state index contributed by atoms with van der Waals surface area (Å²) in [5, 5.41) is 3.31. The first-order valence-corrected chi connectivity index (χ1v) is 6.00. The Bertz CT molecular complexity index is 602. The van der Waals surface area contributed by atoms with Crippen molar-refractivity contribution in [1.29, 1.82) is 0 Å². The van der Waals surface area contributed by atoms with Crippen LogP contribution in [0.2, 0.25) is 0 Å². The van der Waals surface area contributed by atoms with Crippen molar-refractivity contribution < 1.29 is 9.53 Å². The Balaban J connectivity index is 2.04. The third-order valence-corrected chi connectivity index (χ3v) is 3.05. The van der Waals surface area contributed by atoms with Crippen molar-refractivity contribution >= 4 is 11.7 Å². The van der Waals surface area contributed by atoms with Gasteiger partial charge < -0.3 is 14.6 Å². The molecule has 18 heavy (non-hydrogen) atoms. The van der Waals surface area contributed by atoms with Crippen LogP contribution in [0.4, 0.5) is 5.69 Å². The fourth-order valence-electron chi connectivity index (χ4n) is 2.23. The van der Waals surface area contributed by atoms with Crippen molar-refractivity contribution in [3.05, 3.63) is 42.1 Å². The molecule has 0 bridgehead atoms. The van der Waals surface area contributed by atoms with Gasteiger partial charge in [-0.1, -0.05) is 18.2 Å². The van der Waals surface area contributed by atoms with Crippen LogP contribution in [0, 0.1) is 0 Å². The third kappa shape index (κ3) is 1.66. The number of carbonyl (C=O) groups excluding carboxylic acids is 1. The number of hydrogen-bond donors (Lipinski definition) is 1. The second-order valence-corrected chi connectivity index (χ2v) is 4.18. The van der Waals surface area contributed by atoms with Crippen LogP contribution >= 0.6 is 0 Å². The first-order chi connectivity index (χ1) is 8.79. The summed E-state index contributed by atoms with van der Waals surface area (Å²) < 4.78 is 7.04. The molecule has 1 N–H and O–H groups in total. The lowest BCUT2D eigenvalue weighted by Crippen LogP contribution is -2.14. The van der Waals surface area contributed by atoms with Crippen molar-refractivity contribution in [1.82, 2.24) is 4.57 Å². The molecular weight excluding hydrogens is 228 g/mol. The summed E-state index contributed by atoms with van der Waals surface area (Å²) in [4.78, 5) is 11.7. The summed E-state index contributed by atoms with van der Waals surface area (Å²) in [6, 6.07) is 9.96. The molecule has 0 fully saturated rings. The molecule has 0 amide bonds. The molecule has 4 nitrogen and oxygen atoms in total. The monoisotopic (exact) mass is 242 g/mol. The van der Waals surface area contributed by atoms with E-state index in [1.54, 1.807) is 0 Å². The third-order valence-electron chi connectivity index (χ3n) is 3.05. The second kappa shape index (κ2) is 4.22. The number of fused-ring (bicyclic) bond motifs is 3. The molecule has 0 saturated heterocycles. The Morgan fingerprint density at radius 1 is 1.44 bits per heavy atom. The summed E-state index contributed by atoms with van der Waals surface area (Å²) in [6.45, 7) is 2.88. The number of esters is 1. The zero-order valence-corrected chi connectivity index (χ0v) is 10.1. The molecule has 1 aliphatic rings. The molecule has 0 radical (unpaired) electrons. The zero-order valence-electron chi connectivity index (χ0n) is 10.1. The smallest absolute Gasteiger partial charge is 0.339 e. The lowest BCUT2D eigenvalue weighted by molar-refractivity contribution is 0.0526. The molecule has 0 atom stereocenters. The number of aromatic nitrogens is 1. The van der Waals surface area contributed by atoms with Gasteiger partial charge in [0.25, 0.3) is 0 Å². The number of benzene rings is 1. The molecule has 1 aromatic heterocycles. The Labute approximate surface area is 105 Å². The largest absolute Gasteiger partial charge is 0.462 e. The topological polar surface area (TPSA) is 43.3 Å². The number of rotatable bonds is 2. The fraction of sp³-hybridized carbons (Fsp3) is 0.214. The standard InChI is InChI=1S/C14H14N2O2/c1-2-18-14(17)10-7-13-11-5-3-4-6-12(11)15-9-16(13)8-10/h3-8,15H,2,9H2,1H3. The van der Waals surface area contributed by atoms with E-state index >= 15 is 0 Å². The van der Waals surface area contributed by atoms with Gasteiger partial charge in [0, 0.05) is 17.4 Å². The minimum atomic E-state index is -0.267. The lowest BCUT2D eigenvalue weighted by Gasteiger charge is -2.20. The summed E-state index contributed by atoms with van der Waals surface area (Å²) in [6.07, 6.45) is 1.83. The Morgan fingerprint density at radius 2 is 2.28 bits per heavy atom. The van der Waals surface area contributed by atoms with Crippen LogP contribution in [-0.4, -0.2) is 17.1 Å². The number of nitrogens with zero attached hydrogens (tertiary/aromatic N) is 1. The van der Waals surface area contributed by atoms with Crippen LogP contribution < -0.4 is 5.32 Å². The van der Waals surface area contributed by atoms with Crippen molar-refractivity contribution in [3.63, 3.8) is 0 Å². The average molecular weight is 242 g/mol. The highest BCUT2D eigenvalue weighted by Crippen LogP contribution is 2.33. The van der Waals surface area contributed by atoms with Crippen LogP contribution in [-0.2, 0) is 11.4 Å². The first kappa shape index (κ1) is 10.9. The van der Waals surface area contributed by atoms with E-state index in [0.717, 1.165) is 16.9 Å². The van der Waals surface area contributed by atoms with Gasteiger partial charge >= 0.3 is 5.97 Å². The number of hydrogen-bond acceptors (Lipinski definition) is 3. The van der Waals surface area contributed by atoms with Crippen LogP contribution in [0.3, 0.4) is 0 Å². The van der Waals surface area contributed by atoms with E-state index in [-0.39, 0.29) is 5.97 Å². The van der Waals surface area contributed by atoms with Crippen LogP contribution in [0.5, 0.6) is 0 Å². The minimum absolute atomic E-state index is 0.267. The summed E-state index contributed by atoms with van der Waals surface area (Å²) in [5.41, 5.74) is 3.86. The van der Waals surface area contributed by atoms with E-state index in [1.807, 2.05) is 48.0 Å². The fourth-order valence-corrected chi connectivity index (χ4v) is 2.23. The van der Waals surface area contributed by atoms with Gasteiger partial charge in [-0.3, -0.25) is 0 Å². The molecule has 0 saturated carbocycles. The summed E-state index contributed by atoms with van der Waals surface area (Å²) >= 11 is 0. The molecule has 0 spiro atoms. The van der Waals surface area contributed by atoms with Crippen molar-refractivity contribution in [2.45, 2.75) is 13.6 Å². The van der Waals surface area contributed by atoms with Crippen LogP contribution in [0.15, 0.2) is 36.5 Å². The number of carbonyl (C=O) groups is 1. The highest BCUT2D eigenvalue weighted by Gasteiger charge is 2.19. The maximum atomic E-state index is 11.7. The zero-order chi connectivity index (χ0) is 12.5. The van der Waals surface area contributed by atoms with E-state index in [9.17, 15) is 4.79 Å². The molecule has 0 unspecified atom stereocenters. The van der Waals surface area contributed by atoms with Crippen LogP contribution in [0.25, 0.3) is 11.3 Å². The normalized spacial score (nSPS) is 12.3. The molecule has 2 aromatic rings. The van der Waals surface area contributed by atoms with E-state index in [2.05, 4.69) is 5.32 Å². The van der Waals surface area contributed by atoms with Gasteiger partial charge in [-0.15, -0.1) is 0 Å². The van der Waals surface area contributed by atoms with E-state index in [4.69, 9.17) is 4.74 Å². The SMILES string of the molecule is CCOC(=O)c1cc2n(c1)CNc1ccccc1-2. The molecule has 92 valence electrons. The van der Waals surface area contributed by atoms with Gasteiger partial charge in [-0.25, -0.2) is 4.79 Å². The van der Waals surface area contributed by atoms with Gasteiger partial charge in [0.1, 0.15) is 0 Å². The van der Waals surface area contributed by atoms with Crippen LogP contribution in [0.1, 0.15) is 17.3 Å². The molecule has 0 aliphatic carbocycles. The van der Waals surface area contributed by atoms with E-state index in [0.29, 0.717) is 18.8 Å². The van der Waals surface area contributed by atoms with Gasteiger partial charge in [0.15, 0.2) is 0 Å². The maximum absolute atomic E-state index is 11.7. The van der Waals surface area contributed by atoms with Crippen molar-refractivity contribution in [2.75, 3.05) is 11.9 Å². The van der Waals surface area contributed by atoms with Crippen molar-refractivity contribution in [2.24, 2.45) is 0 Å². The highest BCUT2D eigenvalue weighted by atomic mass is 16.5. The molecule has 4 heteroatoms. The molecule has 2 heterocycles. The molecule has 1 aromatic carbocycles. The Morgan fingerprint density at radius 3 is 3.11 bits per heavy atom. The molecular formula is C14H14N2O2. The molecule has 3 rings (SSSR count). The minimum Gasteiger partial charge on any atom is -0.462 e. The number of nitrogens with one attached hydrogen (secondary N) is 1. The van der Waals surface area contributed by atoms with Crippen molar-refractivity contribution in [3.8, 4) is 11.3 Å². The average Bonchev–Trinajstić information content (AvgIpc) is 2.83. The number of para-hydroxylation sites is 1. The van der Waals surface area contributed by atoms with Gasteiger partial charge in [0.2, 0.25) is 0 Å². The summed E-state index contributed by atoms with van der Waals surface area (Å²) in [5.74, 6) is -0.267. The predicted molar refractivity (Wildman–Crippen MR) is 69.4 cm³/mol. The second-order valence-electron chi connectivity index (χ2n) is 4.18. The Hall–Kier alpha value is -2.23. The lowest BCUT2D eigenvalue weighted by atomic mass is 10.1. The number of anilines is 1. The first-order valence-electron chi connectivity index (χ1n) is 6.00. The van der Waals surface area contributed by atoms with Gasteiger partial charge in [0.05, 0.1) is 24.5 Å². The van der Waals surface area contributed by atoms with E-state index in [1.165, 1.54) is 0 Å². The Kier molecular flexibility index (Phi) is 2.55. The number of ether oxygens (including phenoxy) is 1. The maximum Gasteiger partial charge on any atom is 0.339 e. The summed E-state index contributed by atoms with van der Waals surface area (Å²) in [7, 11) is 0. The van der Waals surface area contributed by atoms with E-state index < -0.39 is 0 Å². The van der Waals surface area contributed by atoms with Gasteiger partial charge in [-0.2, -0.15) is 0 Å². The quantitative estimate of drug-likeness (QED) is 0.823. The highest BCUT2D eigenvalue weighted by molar-refractivity contribution is 5.92. The molecule has 1 aliphatic heterocycles. The predicted octanol–water partition coefficient (Wildman–Crippen LogP) is 2.71. The van der Waals surface area contributed by atoms with Gasteiger partial charge in [-0.05, 0) is 19.1 Å².